The standard InChI is InChI=1S/C15H15BrN2O2S/c16-11-3-4-14(17-9-11)20-12-5-6-18(10-12)15(19)8-13-2-1-7-21-13/h1-4,7,9,12H,5-6,8,10H2. The van der Waals surface area contributed by atoms with Gasteiger partial charge in [0.25, 0.3) is 0 Å². The zero-order chi connectivity index (χ0) is 14.7. The van der Waals surface area contributed by atoms with Crippen molar-refractivity contribution in [1.82, 2.24) is 9.88 Å². The predicted octanol–water partition coefficient (Wildman–Crippen LogP) is 3.13. The molecule has 0 radical (unpaired) electrons. The summed E-state index contributed by atoms with van der Waals surface area (Å²) < 4.78 is 6.75. The summed E-state index contributed by atoms with van der Waals surface area (Å²) in [5.41, 5.74) is 0. The molecule has 1 aliphatic heterocycles. The Kier molecular flexibility index (Phi) is 4.55. The van der Waals surface area contributed by atoms with E-state index in [-0.39, 0.29) is 12.0 Å². The fraction of sp³-hybridized carbons (Fsp3) is 0.333. The number of nitrogens with zero attached hydrogens (tertiary/aromatic N) is 2. The number of aromatic nitrogens is 1. The van der Waals surface area contributed by atoms with Crippen molar-refractivity contribution in [2.24, 2.45) is 0 Å². The van der Waals surface area contributed by atoms with Crippen LogP contribution in [0, 0.1) is 0 Å². The third kappa shape index (κ3) is 3.83. The van der Waals surface area contributed by atoms with Gasteiger partial charge in [-0.1, -0.05) is 6.07 Å². The molecule has 3 heterocycles. The monoisotopic (exact) mass is 366 g/mol. The molecule has 0 aliphatic carbocycles. The van der Waals surface area contributed by atoms with Crippen molar-refractivity contribution in [2.75, 3.05) is 13.1 Å². The van der Waals surface area contributed by atoms with Gasteiger partial charge in [0.05, 0.1) is 13.0 Å². The van der Waals surface area contributed by atoms with Crippen molar-refractivity contribution in [3.05, 3.63) is 45.2 Å². The number of amides is 1. The topological polar surface area (TPSA) is 42.4 Å². The molecule has 6 heteroatoms. The van der Waals surface area contributed by atoms with Crippen molar-refractivity contribution in [2.45, 2.75) is 18.9 Å². The largest absolute Gasteiger partial charge is 0.472 e. The number of carbonyl (C=O) groups excluding carboxylic acids is 1. The van der Waals surface area contributed by atoms with Gasteiger partial charge in [-0.15, -0.1) is 11.3 Å². The van der Waals surface area contributed by atoms with Gasteiger partial charge in [0.15, 0.2) is 0 Å². The van der Waals surface area contributed by atoms with E-state index in [0.29, 0.717) is 18.8 Å². The summed E-state index contributed by atoms with van der Waals surface area (Å²) >= 11 is 4.97. The molecule has 2 aromatic rings. The van der Waals surface area contributed by atoms with Crippen LogP contribution in [0.2, 0.25) is 0 Å². The molecular weight excluding hydrogens is 352 g/mol. The van der Waals surface area contributed by atoms with Gasteiger partial charge in [0, 0.05) is 34.6 Å². The molecule has 0 spiro atoms. The Labute approximate surface area is 135 Å². The summed E-state index contributed by atoms with van der Waals surface area (Å²) in [7, 11) is 0. The maximum atomic E-state index is 12.2. The Bertz CT molecular complexity index is 601. The lowest BCUT2D eigenvalue weighted by Crippen LogP contribution is -2.32. The molecule has 4 nitrogen and oxygen atoms in total. The molecule has 1 unspecified atom stereocenters. The second kappa shape index (κ2) is 6.58. The molecule has 0 N–H and O–H groups in total. The summed E-state index contributed by atoms with van der Waals surface area (Å²) in [6, 6.07) is 7.71. The van der Waals surface area contributed by atoms with Crippen LogP contribution in [0.1, 0.15) is 11.3 Å². The number of hydrogen-bond acceptors (Lipinski definition) is 4. The molecule has 1 amide bonds. The van der Waals surface area contributed by atoms with Gasteiger partial charge in [-0.3, -0.25) is 4.79 Å². The van der Waals surface area contributed by atoms with E-state index in [1.54, 1.807) is 17.5 Å². The highest BCUT2D eigenvalue weighted by Gasteiger charge is 2.27. The number of carbonyl (C=O) groups is 1. The first-order valence-electron chi connectivity index (χ1n) is 6.79. The van der Waals surface area contributed by atoms with E-state index in [4.69, 9.17) is 4.74 Å². The van der Waals surface area contributed by atoms with Crippen molar-refractivity contribution < 1.29 is 9.53 Å². The first-order chi connectivity index (χ1) is 10.2. The van der Waals surface area contributed by atoms with E-state index < -0.39 is 0 Å². The number of ether oxygens (including phenoxy) is 1. The summed E-state index contributed by atoms with van der Waals surface area (Å²) in [4.78, 5) is 19.4. The van der Waals surface area contributed by atoms with Crippen LogP contribution in [0.4, 0.5) is 0 Å². The van der Waals surface area contributed by atoms with Gasteiger partial charge in [-0.2, -0.15) is 0 Å². The number of thiophene rings is 1. The van der Waals surface area contributed by atoms with Crippen LogP contribution in [0.25, 0.3) is 0 Å². The van der Waals surface area contributed by atoms with E-state index in [2.05, 4.69) is 20.9 Å². The Morgan fingerprint density at radius 1 is 1.48 bits per heavy atom. The average Bonchev–Trinajstić information content (AvgIpc) is 3.13. The van der Waals surface area contributed by atoms with Crippen molar-refractivity contribution >= 4 is 33.2 Å². The van der Waals surface area contributed by atoms with Crippen LogP contribution < -0.4 is 4.74 Å². The van der Waals surface area contributed by atoms with Gasteiger partial charge >= 0.3 is 0 Å². The van der Waals surface area contributed by atoms with Crippen LogP contribution in [-0.4, -0.2) is 35.0 Å². The molecule has 1 fully saturated rings. The summed E-state index contributed by atoms with van der Waals surface area (Å²) in [6.45, 7) is 1.40. The fourth-order valence-electron chi connectivity index (χ4n) is 2.33. The molecule has 1 saturated heterocycles. The minimum absolute atomic E-state index is 0.0333. The van der Waals surface area contributed by atoms with Gasteiger partial charge in [0.2, 0.25) is 11.8 Å². The van der Waals surface area contributed by atoms with Crippen LogP contribution in [0.5, 0.6) is 5.88 Å². The second-order valence-electron chi connectivity index (χ2n) is 4.94. The Balaban J connectivity index is 1.53. The second-order valence-corrected chi connectivity index (χ2v) is 6.89. The smallest absolute Gasteiger partial charge is 0.227 e. The van der Waals surface area contributed by atoms with Gasteiger partial charge in [0.1, 0.15) is 6.10 Å². The first kappa shape index (κ1) is 14.5. The molecule has 0 bridgehead atoms. The SMILES string of the molecule is O=C(Cc1cccs1)N1CCC(Oc2ccc(Br)cn2)C1. The van der Waals surface area contributed by atoms with Gasteiger partial charge < -0.3 is 9.64 Å². The molecule has 0 saturated carbocycles. The summed E-state index contributed by atoms with van der Waals surface area (Å²) in [5, 5.41) is 2.00. The molecular formula is C15H15BrN2O2S. The van der Waals surface area contributed by atoms with Crippen molar-refractivity contribution in [1.29, 1.82) is 0 Å². The molecule has 2 aromatic heterocycles. The fourth-order valence-corrected chi connectivity index (χ4v) is 3.26. The number of pyridine rings is 1. The first-order valence-corrected chi connectivity index (χ1v) is 8.46. The highest BCUT2D eigenvalue weighted by atomic mass is 79.9. The molecule has 21 heavy (non-hydrogen) atoms. The number of halogens is 1. The minimum Gasteiger partial charge on any atom is -0.472 e. The van der Waals surface area contributed by atoms with Gasteiger partial charge in [-0.05, 0) is 33.4 Å². The van der Waals surface area contributed by atoms with Crippen LogP contribution >= 0.6 is 27.3 Å². The Morgan fingerprint density at radius 2 is 2.38 bits per heavy atom. The third-order valence-corrected chi connectivity index (χ3v) is 4.74. The zero-order valence-electron chi connectivity index (χ0n) is 11.4. The molecule has 1 atom stereocenters. The maximum Gasteiger partial charge on any atom is 0.227 e. The Hall–Kier alpha value is -1.40. The lowest BCUT2D eigenvalue weighted by Gasteiger charge is -2.16. The minimum atomic E-state index is 0.0333. The summed E-state index contributed by atoms with van der Waals surface area (Å²) in [5.74, 6) is 0.781. The Morgan fingerprint density at radius 3 is 3.10 bits per heavy atom. The molecule has 3 rings (SSSR count). The van der Waals surface area contributed by atoms with E-state index in [1.807, 2.05) is 34.5 Å². The number of hydrogen-bond donors (Lipinski definition) is 0. The predicted molar refractivity (Wildman–Crippen MR) is 85.6 cm³/mol. The normalized spacial score (nSPS) is 18.0. The van der Waals surface area contributed by atoms with E-state index in [9.17, 15) is 4.79 Å². The zero-order valence-corrected chi connectivity index (χ0v) is 13.8. The van der Waals surface area contributed by atoms with Crippen LogP contribution in [-0.2, 0) is 11.2 Å². The van der Waals surface area contributed by atoms with Crippen LogP contribution in [0.3, 0.4) is 0 Å². The quantitative estimate of drug-likeness (QED) is 0.834. The highest BCUT2D eigenvalue weighted by Crippen LogP contribution is 2.19. The lowest BCUT2D eigenvalue weighted by atomic mass is 10.3. The van der Waals surface area contributed by atoms with Gasteiger partial charge in [-0.25, -0.2) is 4.98 Å². The molecule has 0 aromatic carbocycles. The highest BCUT2D eigenvalue weighted by molar-refractivity contribution is 9.10. The van der Waals surface area contributed by atoms with E-state index in [1.165, 1.54) is 0 Å². The average molecular weight is 367 g/mol. The number of rotatable bonds is 4. The molecule has 110 valence electrons. The van der Waals surface area contributed by atoms with E-state index >= 15 is 0 Å². The van der Waals surface area contributed by atoms with Crippen molar-refractivity contribution in [3.8, 4) is 5.88 Å². The maximum absolute atomic E-state index is 12.2. The third-order valence-electron chi connectivity index (χ3n) is 3.39. The molecule has 1 aliphatic rings. The van der Waals surface area contributed by atoms with E-state index in [0.717, 1.165) is 22.3 Å². The number of likely N-dealkylation sites (tertiary alicyclic amines) is 1. The lowest BCUT2D eigenvalue weighted by molar-refractivity contribution is -0.129. The van der Waals surface area contributed by atoms with Crippen LogP contribution in [0.15, 0.2) is 40.3 Å². The summed E-state index contributed by atoms with van der Waals surface area (Å²) in [6.07, 6.45) is 3.09. The van der Waals surface area contributed by atoms with Crippen molar-refractivity contribution in [3.63, 3.8) is 0 Å².